The van der Waals surface area contributed by atoms with Gasteiger partial charge in [-0.1, -0.05) is 6.42 Å². The van der Waals surface area contributed by atoms with Crippen molar-refractivity contribution in [3.8, 4) is 0 Å². The first-order valence-corrected chi connectivity index (χ1v) is 14.1. The molecule has 3 saturated carbocycles. The Bertz CT molecular complexity index is 839. The number of nitrogens with zero attached hydrogens (tertiary/aromatic N) is 1. The molecule has 1 saturated heterocycles. The van der Waals surface area contributed by atoms with Crippen LogP contribution in [0.15, 0.2) is 12.2 Å². The Balaban J connectivity index is 0.883. The van der Waals surface area contributed by atoms with E-state index in [0.717, 1.165) is 43.5 Å². The van der Waals surface area contributed by atoms with Crippen molar-refractivity contribution in [1.29, 1.82) is 0 Å². The molecule has 9 nitrogen and oxygen atoms in total. The SMILES string of the molecule is O=C(CCCCCN1C(=O)C=CC1=O)OCC(O)COCC1CC2C3CC(COCC4CO4)C(C3)C2C1. The second-order valence-corrected chi connectivity index (χ2v) is 11.7. The number of carbonyl (C=O) groups excluding carboxylic acids is 3. The van der Waals surface area contributed by atoms with E-state index < -0.39 is 6.10 Å². The van der Waals surface area contributed by atoms with Crippen LogP contribution in [0, 0.1) is 35.5 Å². The standard InChI is InChI=1S/C28H41NO8/c30-21(15-37-28(33)4-2-1-3-7-29-26(31)5-6-27(29)32)14-34-12-18-8-23-19-10-20(13-35-16-22-17-36-22)24(11-19)25(23)9-18/h5-6,18-25,30H,1-4,7-17H2. The third-order valence-corrected chi connectivity index (χ3v) is 9.00. The Kier molecular flexibility index (Phi) is 8.95. The zero-order chi connectivity index (χ0) is 25.8. The average Bonchev–Trinajstić information content (AvgIpc) is 3.17. The first kappa shape index (κ1) is 26.8. The minimum atomic E-state index is -0.822. The Morgan fingerprint density at radius 1 is 0.946 bits per heavy atom. The highest BCUT2D eigenvalue weighted by molar-refractivity contribution is 6.12. The number of esters is 1. The molecular weight excluding hydrogens is 478 g/mol. The van der Waals surface area contributed by atoms with Crippen molar-refractivity contribution in [2.75, 3.05) is 46.2 Å². The number of aliphatic hydroxyl groups excluding tert-OH is 1. The Hall–Kier alpha value is -1.81. The van der Waals surface area contributed by atoms with E-state index in [9.17, 15) is 19.5 Å². The summed E-state index contributed by atoms with van der Waals surface area (Å²) in [6, 6.07) is 0. The zero-order valence-electron chi connectivity index (χ0n) is 21.6. The van der Waals surface area contributed by atoms with Crippen molar-refractivity contribution >= 4 is 17.8 Å². The summed E-state index contributed by atoms with van der Waals surface area (Å²) in [4.78, 5) is 36.1. The zero-order valence-corrected chi connectivity index (χ0v) is 21.6. The average molecular weight is 520 g/mol. The van der Waals surface area contributed by atoms with Gasteiger partial charge in [-0.05, 0) is 74.0 Å². The van der Waals surface area contributed by atoms with Gasteiger partial charge in [-0.15, -0.1) is 0 Å². The molecule has 8 atom stereocenters. The Labute approximate surface area is 218 Å². The molecule has 37 heavy (non-hydrogen) atoms. The predicted octanol–water partition coefficient (Wildman–Crippen LogP) is 2.11. The number of imide groups is 1. The summed E-state index contributed by atoms with van der Waals surface area (Å²) in [5.74, 6) is 3.63. The monoisotopic (exact) mass is 519 g/mol. The van der Waals surface area contributed by atoms with Gasteiger partial charge in [0.15, 0.2) is 0 Å². The number of fused-ring (bicyclic) bond motifs is 5. The van der Waals surface area contributed by atoms with Crippen LogP contribution >= 0.6 is 0 Å². The lowest BCUT2D eigenvalue weighted by molar-refractivity contribution is -0.148. The molecule has 0 aromatic rings. The largest absolute Gasteiger partial charge is 0.463 e. The predicted molar refractivity (Wildman–Crippen MR) is 132 cm³/mol. The van der Waals surface area contributed by atoms with E-state index in [1.54, 1.807) is 0 Å². The van der Waals surface area contributed by atoms with Crippen LogP contribution < -0.4 is 0 Å². The number of hydrogen-bond acceptors (Lipinski definition) is 8. The fourth-order valence-corrected chi connectivity index (χ4v) is 7.22. The minimum Gasteiger partial charge on any atom is -0.463 e. The van der Waals surface area contributed by atoms with Gasteiger partial charge in [0.1, 0.15) is 18.8 Å². The van der Waals surface area contributed by atoms with Crippen LogP contribution in [-0.4, -0.2) is 86.2 Å². The number of unbranched alkanes of at least 4 members (excludes halogenated alkanes) is 2. The van der Waals surface area contributed by atoms with Gasteiger partial charge in [0.2, 0.25) is 0 Å². The minimum absolute atomic E-state index is 0.0606. The van der Waals surface area contributed by atoms with Crippen LogP contribution in [0.4, 0.5) is 0 Å². The molecule has 5 rings (SSSR count). The third kappa shape index (κ3) is 6.99. The molecule has 8 unspecified atom stereocenters. The molecule has 1 N–H and O–H groups in total. The maximum atomic E-state index is 11.9. The van der Waals surface area contributed by atoms with Gasteiger partial charge in [0.25, 0.3) is 11.8 Å². The maximum Gasteiger partial charge on any atom is 0.305 e. The van der Waals surface area contributed by atoms with E-state index in [-0.39, 0.29) is 37.4 Å². The van der Waals surface area contributed by atoms with Crippen LogP contribution in [0.5, 0.6) is 0 Å². The topological polar surface area (TPSA) is 115 Å². The quantitative estimate of drug-likeness (QED) is 0.143. The Morgan fingerprint density at radius 3 is 2.51 bits per heavy atom. The highest BCUT2D eigenvalue weighted by atomic mass is 16.6. The number of hydrogen-bond donors (Lipinski definition) is 1. The summed E-state index contributed by atoms with van der Waals surface area (Å²) in [5.41, 5.74) is 0. The third-order valence-electron chi connectivity index (χ3n) is 9.00. The summed E-state index contributed by atoms with van der Waals surface area (Å²) in [6.07, 6.45) is 9.43. The molecule has 0 aromatic heterocycles. The molecule has 4 fully saturated rings. The molecule has 0 aromatic carbocycles. The van der Waals surface area contributed by atoms with E-state index in [1.807, 2.05) is 0 Å². The van der Waals surface area contributed by atoms with Gasteiger partial charge in [0.05, 0.1) is 19.8 Å². The van der Waals surface area contributed by atoms with Crippen molar-refractivity contribution in [3.05, 3.63) is 12.2 Å². The molecule has 206 valence electrons. The van der Waals surface area contributed by atoms with Crippen molar-refractivity contribution in [3.63, 3.8) is 0 Å². The molecule has 2 amide bonds. The van der Waals surface area contributed by atoms with Gasteiger partial charge in [-0.25, -0.2) is 0 Å². The summed E-state index contributed by atoms with van der Waals surface area (Å²) in [6.45, 7) is 3.63. The molecule has 2 heterocycles. The van der Waals surface area contributed by atoms with Crippen LogP contribution in [-0.2, 0) is 33.3 Å². The van der Waals surface area contributed by atoms with Gasteiger partial charge in [-0.3, -0.25) is 19.3 Å². The molecule has 3 aliphatic carbocycles. The van der Waals surface area contributed by atoms with Gasteiger partial charge in [-0.2, -0.15) is 0 Å². The van der Waals surface area contributed by atoms with E-state index >= 15 is 0 Å². The van der Waals surface area contributed by atoms with E-state index in [0.29, 0.717) is 50.4 Å². The van der Waals surface area contributed by atoms with Crippen molar-refractivity contribution in [1.82, 2.24) is 4.90 Å². The molecule has 2 aliphatic heterocycles. The molecule has 0 spiro atoms. The number of rotatable bonds is 16. The Morgan fingerprint density at radius 2 is 1.73 bits per heavy atom. The summed E-state index contributed by atoms with van der Waals surface area (Å²) in [7, 11) is 0. The summed E-state index contributed by atoms with van der Waals surface area (Å²) in [5, 5.41) is 10.2. The number of aliphatic hydroxyl groups is 1. The van der Waals surface area contributed by atoms with Crippen molar-refractivity contribution in [2.45, 2.75) is 63.6 Å². The van der Waals surface area contributed by atoms with Crippen LogP contribution in [0.25, 0.3) is 0 Å². The lowest BCUT2D eigenvalue weighted by Gasteiger charge is -2.31. The first-order chi connectivity index (χ1) is 18.0. The van der Waals surface area contributed by atoms with Crippen molar-refractivity contribution in [2.24, 2.45) is 35.5 Å². The first-order valence-electron chi connectivity index (χ1n) is 14.1. The van der Waals surface area contributed by atoms with Crippen LogP contribution in [0.2, 0.25) is 0 Å². The second-order valence-electron chi connectivity index (χ2n) is 11.7. The lowest BCUT2D eigenvalue weighted by atomic mass is 9.76. The normalized spacial score (nSPS) is 34.4. The van der Waals surface area contributed by atoms with Gasteiger partial charge < -0.3 is 24.1 Å². The van der Waals surface area contributed by atoms with Gasteiger partial charge >= 0.3 is 5.97 Å². The fourth-order valence-electron chi connectivity index (χ4n) is 7.22. The lowest BCUT2D eigenvalue weighted by Crippen LogP contribution is -2.30. The number of ether oxygens (including phenoxy) is 4. The second kappa shape index (κ2) is 12.4. The van der Waals surface area contributed by atoms with E-state index in [4.69, 9.17) is 18.9 Å². The number of amides is 2. The highest BCUT2D eigenvalue weighted by Crippen LogP contribution is 2.62. The molecule has 2 bridgehead atoms. The maximum absolute atomic E-state index is 11.9. The molecule has 5 aliphatic rings. The van der Waals surface area contributed by atoms with Crippen LogP contribution in [0.3, 0.4) is 0 Å². The summed E-state index contributed by atoms with van der Waals surface area (Å²) < 4.78 is 22.2. The van der Waals surface area contributed by atoms with E-state index in [1.165, 1.54) is 42.7 Å². The number of carbonyl (C=O) groups is 3. The molecular formula is C28H41NO8. The fraction of sp³-hybridized carbons (Fsp3) is 0.821. The van der Waals surface area contributed by atoms with E-state index in [2.05, 4.69) is 0 Å². The smallest absolute Gasteiger partial charge is 0.305 e. The van der Waals surface area contributed by atoms with Crippen molar-refractivity contribution < 1.29 is 38.4 Å². The van der Waals surface area contributed by atoms with Gasteiger partial charge in [0, 0.05) is 38.3 Å². The highest BCUT2D eigenvalue weighted by Gasteiger charge is 2.55. The number of epoxide rings is 1. The molecule has 0 radical (unpaired) electrons. The molecule has 9 heteroatoms. The summed E-state index contributed by atoms with van der Waals surface area (Å²) >= 11 is 0. The van der Waals surface area contributed by atoms with Crippen LogP contribution in [0.1, 0.15) is 51.4 Å².